The standard InChI is InChI=1S/C17H21NO2S/c1-4-7-13-10-16(21-12(13)3)17(20)18-15-9-6-5-8-14(15)11(2)19/h5-6,8-11,19H,4,7H2,1-3H3,(H,18,20). The van der Waals surface area contributed by atoms with E-state index in [9.17, 15) is 9.90 Å². The van der Waals surface area contributed by atoms with E-state index in [0.717, 1.165) is 23.3 Å². The van der Waals surface area contributed by atoms with Gasteiger partial charge in [0.05, 0.1) is 11.0 Å². The van der Waals surface area contributed by atoms with Crippen molar-refractivity contribution in [2.75, 3.05) is 5.32 Å². The fourth-order valence-corrected chi connectivity index (χ4v) is 3.28. The first-order valence-electron chi connectivity index (χ1n) is 7.20. The second-order valence-corrected chi connectivity index (χ2v) is 6.42. The smallest absolute Gasteiger partial charge is 0.265 e. The number of hydrogen-bond acceptors (Lipinski definition) is 3. The summed E-state index contributed by atoms with van der Waals surface area (Å²) in [4.78, 5) is 14.3. The van der Waals surface area contributed by atoms with E-state index in [-0.39, 0.29) is 5.91 Å². The first-order chi connectivity index (χ1) is 10.0. The van der Waals surface area contributed by atoms with E-state index >= 15 is 0 Å². The monoisotopic (exact) mass is 303 g/mol. The number of benzene rings is 1. The number of aliphatic hydroxyl groups is 1. The van der Waals surface area contributed by atoms with Crippen molar-refractivity contribution in [2.24, 2.45) is 0 Å². The van der Waals surface area contributed by atoms with Gasteiger partial charge in [-0.3, -0.25) is 4.79 Å². The normalized spacial score (nSPS) is 12.2. The summed E-state index contributed by atoms with van der Waals surface area (Å²) < 4.78 is 0. The second-order valence-electron chi connectivity index (χ2n) is 5.16. The summed E-state index contributed by atoms with van der Waals surface area (Å²) in [6, 6.07) is 9.32. The summed E-state index contributed by atoms with van der Waals surface area (Å²) in [5, 5.41) is 12.7. The van der Waals surface area contributed by atoms with Crippen molar-refractivity contribution in [3.05, 3.63) is 51.2 Å². The number of amides is 1. The minimum absolute atomic E-state index is 0.112. The van der Waals surface area contributed by atoms with Crippen molar-refractivity contribution in [2.45, 2.75) is 39.7 Å². The minimum atomic E-state index is -0.609. The molecular weight excluding hydrogens is 282 g/mol. The Morgan fingerprint density at radius 3 is 2.76 bits per heavy atom. The first-order valence-corrected chi connectivity index (χ1v) is 8.02. The molecule has 1 aromatic carbocycles. The van der Waals surface area contributed by atoms with Crippen molar-refractivity contribution < 1.29 is 9.90 Å². The van der Waals surface area contributed by atoms with Crippen molar-refractivity contribution >= 4 is 22.9 Å². The van der Waals surface area contributed by atoms with Crippen molar-refractivity contribution in [3.8, 4) is 0 Å². The molecule has 21 heavy (non-hydrogen) atoms. The number of aliphatic hydroxyl groups excluding tert-OH is 1. The maximum Gasteiger partial charge on any atom is 0.265 e. The third-order valence-corrected chi connectivity index (χ3v) is 4.51. The average molecular weight is 303 g/mol. The SMILES string of the molecule is CCCc1cc(C(=O)Nc2ccccc2C(C)O)sc1C. The predicted octanol–water partition coefficient (Wildman–Crippen LogP) is 4.31. The van der Waals surface area contributed by atoms with Gasteiger partial charge in [-0.05, 0) is 38.0 Å². The molecule has 0 fully saturated rings. The second kappa shape index (κ2) is 6.87. The molecule has 0 saturated heterocycles. The molecular formula is C17H21NO2S. The van der Waals surface area contributed by atoms with Gasteiger partial charge in [0.15, 0.2) is 0 Å². The predicted molar refractivity (Wildman–Crippen MR) is 88.1 cm³/mol. The van der Waals surface area contributed by atoms with Crippen LogP contribution in [0.4, 0.5) is 5.69 Å². The number of anilines is 1. The van der Waals surface area contributed by atoms with Crippen LogP contribution < -0.4 is 5.32 Å². The van der Waals surface area contributed by atoms with Gasteiger partial charge in [0, 0.05) is 16.1 Å². The number of carbonyl (C=O) groups excluding carboxylic acids is 1. The molecule has 0 bridgehead atoms. The van der Waals surface area contributed by atoms with E-state index in [4.69, 9.17) is 0 Å². The van der Waals surface area contributed by atoms with E-state index < -0.39 is 6.10 Å². The number of rotatable bonds is 5. The summed E-state index contributed by atoms with van der Waals surface area (Å²) in [6.45, 7) is 5.88. The van der Waals surface area contributed by atoms with Gasteiger partial charge in [-0.15, -0.1) is 11.3 Å². The van der Waals surface area contributed by atoms with Gasteiger partial charge in [0.25, 0.3) is 5.91 Å². The Morgan fingerprint density at radius 1 is 1.38 bits per heavy atom. The Bertz CT molecular complexity index is 631. The van der Waals surface area contributed by atoms with Gasteiger partial charge < -0.3 is 10.4 Å². The molecule has 112 valence electrons. The largest absolute Gasteiger partial charge is 0.389 e. The molecule has 3 nitrogen and oxygen atoms in total. The van der Waals surface area contributed by atoms with Crippen LogP contribution in [0.25, 0.3) is 0 Å². The van der Waals surface area contributed by atoms with Crippen LogP contribution in [0.5, 0.6) is 0 Å². The van der Waals surface area contributed by atoms with E-state index in [1.165, 1.54) is 21.8 Å². The lowest BCUT2D eigenvalue weighted by molar-refractivity contribution is 0.103. The Balaban J connectivity index is 2.20. The highest BCUT2D eigenvalue weighted by Crippen LogP contribution is 2.26. The number of carbonyl (C=O) groups is 1. The lowest BCUT2D eigenvalue weighted by atomic mass is 10.1. The van der Waals surface area contributed by atoms with Crippen LogP contribution in [0.2, 0.25) is 0 Å². The zero-order valence-corrected chi connectivity index (χ0v) is 13.5. The van der Waals surface area contributed by atoms with Gasteiger partial charge >= 0.3 is 0 Å². The molecule has 2 rings (SSSR count). The van der Waals surface area contributed by atoms with Crippen LogP contribution in [0, 0.1) is 6.92 Å². The van der Waals surface area contributed by atoms with Crippen LogP contribution in [-0.2, 0) is 6.42 Å². The zero-order valence-electron chi connectivity index (χ0n) is 12.6. The third kappa shape index (κ3) is 3.71. The Hall–Kier alpha value is -1.65. The lowest BCUT2D eigenvalue weighted by Crippen LogP contribution is -2.12. The first kappa shape index (κ1) is 15.7. The molecule has 0 aliphatic rings. The van der Waals surface area contributed by atoms with Crippen molar-refractivity contribution in [3.63, 3.8) is 0 Å². The van der Waals surface area contributed by atoms with Gasteiger partial charge in [0.1, 0.15) is 0 Å². The molecule has 1 aromatic heterocycles. The molecule has 0 aliphatic heterocycles. The zero-order chi connectivity index (χ0) is 15.4. The van der Waals surface area contributed by atoms with E-state index in [2.05, 4.69) is 19.2 Å². The van der Waals surface area contributed by atoms with Crippen LogP contribution in [0.15, 0.2) is 30.3 Å². The molecule has 1 atom stereocenters. The number of nitrogens with one attached hydrogen (secondary N) is 1. The highest BCUT2D eigenvalue weighted by atomic mass is 32.1. The summed E-state index contributed by atoms with van der Waals surface area (Å²) in [6.07, 6.45) is 1.46. The van der Waals surface area contributed by atoms with Crippen LogP contribution in [-0.4, -0.2) is 11.0 Å². The average Bonchev–Trinajstić information content (AvgIpc) is 2.81. The third-order valence-electron chi connectivity index (χ3n) is 3.42. The quantitative estimate of drug-likeness (QED) is 0.864. The maximum absolute atomic E-state index is 12.4. The highest BCUT2D eigenvalue weighted by Gasteiger charge is 2.15. The van der Waals surface area contributed by atoms with Crippen LogP contribution in [0.3, 0.4) is 0 Å². The summed E-state index contributed by atoms with van der Waals surface area (Å²) in [5.41, 5.74) is 2.64. The van der Waals surface area contributed by atoms with Crippen molar-refractivity contribution in [1.29, 1.82) is 0 Å². The van der Waals surface area contributed by atoms with Crippen LogP contribution >= 0.6 is 11.3 Å². The molecule has 1 amide bonds. The Morgan fingerprint density at radius 2 is 2.10 bits per heavy atom. The van der Waals surface area contributed by atoms with Gasteiger partial charge in [-0.25, -0.2) is 0 Å². The fraction of sp³-hybridized carbons (Fsp3) is 0.353. The lowest BCUT2D eigenvalue weighted by Gasteiger charge is -2.12. The molecule has 2 aromatic rings. The molecule has 2 N–H and O–H groups in total. The molecule has 4 heteroatoms. The summed E-state index contributed by atoms with van der Waals surface area (Å²) in [7, 11) is 0. The van der Waals surface area contributed by atoms with E-state index in [1.54, 1.807) is 6.92 Å². The summed E-state index contributed by atoms with van der Waals surface area (Å²) in [5.74, 6) is -0.112. The highest BCUT2D eigenvalue weighted by molar-refractivity contribution is 7.14. The number of aryl methyl sites for hydroxylation is 2. The topological polar surface area (TPSA) is 49.3 Å². The molecule has 0 saturated carbocycles. The maximum atomic E-state index is 12.4. The van der Waals surface area contributed by atoms with E-state index in [0.29, 0.717) is 5.69 Å². The molecule has 0 spiro atoms. The van der Waals surface area contributed by atoms with Gasteiger partial charge in [0.2, 0.25) is 0 Å². The number of hydrogen-bond donors (Lipinski definition) is 2. The Labute approximate surface area is 129 Å². The molecule has 1 unspecified atom stereocenters. The summed E-state index contributed by atoms with van der Waals surface area (Å²) >= 11 is 1.52. The van der Waals surface area contributed by atoms with E-state index in [1.807, 2.05) is 30.3 Å². The fourth-order valence-electron chi connectivity index (χ4n) is 2.31. The van der Waals surface area contributed by atoms with Gasteiger partial charge in [-0.2, -0.15) is 0 Å². The number of para-hydroxylation sites is 1. The molecule has 0 radical (unpaired) electrons. The van der Waals surface area contributed by atoms with Gasteiger partial charge in [-0.1, -0.05) is 31.5 Å². The minimum Gasteiger partial charge on any atom is -0.389 e. The van der Waals surface area contributed by atoms with Crippen LogP contribution in [0.1, 0.15) is 52.0 Å². The molecule has 0 aliphatic carbocycles. The van der Waals surface area contributed by atoms with Crippen molar-refractivity contribution in [1.82, 2.24) is 0 Å². The molecule has 1 heterocycles. The Kier molecular flexibility index (Phi) is 5.15. The number of thiophene rings is 1.